The third kappa shape index (κ3) is 3.25. The van der Waals surface area contributed by atoms with Gasteiger partial charge in [-0.1, -0.05) is 18.6 Å². The minimum Gasteiger partial charge on any atom is -0.311 e. The SMILES string of the molecule is CC(F)(Cc1ccc(F)cc1)C1CCCCN1. The Labute approximate surface area is 101 Å². The van der Waals surface area contributed by atoms with E-state index in [1.165, 1.54) is 12.1 Å². The Morgan fingerprint density at radius 2 is 2.00 bits per heavy atom. The zero-order chi connectivity index (χ0) is 12.3. The summed E-state index contributed by atoms with van der Waals surface area (Å²) in [7, 11) is 0. The second-order valence-corrected chi connectivity index (χ2v) is 5.08. The molecule has 0 radical (unpaired) electrons. The Bertz CT molecular complexity index is 353. The number of hydrogen-bond donors (Lipinski definition) is 1. The highest BCUT2D eigenvalue weighted by molar-refractivity contribution is 5.19. The molecular weight excluding hydrogens is 220 g/mol. The molecule has 0 amide bonds. The van der Waals surface area contributed by atoms with Crippen LogP contribution in [0.4, 0.5) is 8.78 Å². The molecule has 0 aromatic heterocycles. The third-order valence-electron chi connectivity index (χ3n) is 3.50. The van der Waals surface area contributed by atoms with Gasteiger partial charge in [0.05, 0.1) is 0 Å². The largest absolute Gasteiger partial charge is 0.311 e. The highest BCUT2D eigenvalue weighted by Crippen LogP contribution is 2.27. The molecule has 1 fully saturated rings. The maximum Gasteiger partial charge on any atom is 0.127 e. The van der Waals surface area contributed by atoms with Gasteiger partial charge in [0, 0.05) is 12.5 Å². The van der Waals surface area contributed by atoms with Crippen LogP contribution in [0.1, 0.15) is 31.7 Å². The van der Waals surface area contributed by atoms with Gasteiger partial charge in [0.25, 0.3) is 0 Å². The molecule has 2 unspecified atom stereocenters. The summed E-state index contributed by atoms with van der Waals surface area (Å²) in [4.78, 5) is 0. The van der Waals surface area contributed by atoms with Gasteiger partial charge in [0.2, 0.25) is 0 Å². The monoisotopic (exact) mass is 239 g/mol. The fourth-order valence-corrected chi connectivity index (χ4v) is 2.49. The summed E-state index contributed by atoms with van der Waals surface area (Å²) in [6.45, 7) is 2.53. The first kappa shape index (κ1) is 12.5. The van der Waals surface area contributed by atoms with Gasteiger partial charge in [0.1, 0.15) is 11.5 Å². The predicted octanol–water partition coefficient (Wildman–Crippen LogP) is 3.24. The Hall–Kier alpha value is -0.960. The van der Waals surface area contributed by atoms with Crippen molar-refractivity contribution in [3.05, 3.63) is 35.6 Å². The first-order chi connectivity index (χ1) is 8.08. The summed E-state index contributed by atoms with van der Waals surface area (Å²) in [5.41, 5.74) is -0.415. The van der Waals surface area contributed by atoms with E-state index >= 15 is 0 Å². The van der Waals surface area contributed by atoms with Crippen LogP contribution >= 0.6 is 0 Å². The molecule has 1 N–H and O–H groups in total. The molecule has 0 bridgehead atoms. The number of nitrogens with one attached hydrogen (secondary N) is 1. The summed E-state index contributed by atoms with van der Waals surface area (Å²) >= 11 is 0. The van der Waals surface area contributed by atoms with E-state index in [2.05, 4.69) is 5.32 Å². The van der Waals surface area contributed by atoms with E-state index in [0.717, 1.165) is 31.4 Å². The normalized spacial score (nSPS) is 24.3. The van der Waals surface area contributed by atoms with Crippen LogP contribution in [-0.4, -0.2) is 18.3 Å². The van der Waals surface area contributed by atoms with Gasteiger partial charge in [-0.15, -0.1) is 0 Å². The molecule has 17 heavy (non-hydrogen) atoms. The number of halogens is 2. The van der Waals surface area contributed by atoms with Crippen molar-refractivity contribution in [2.75, 3.05) is 6.54 Å². The lowest BCUT2D eigenvalue weighted by Crippen LogP contribution is -2.49. The maximum absolute atomic E-state index is 14.6. The Kier molecular flexibility index (Phi) is 3.77. The van der Waals surface area contributed by atoms with Crippen LogP contribution in [0.25, 0.3) is 0 Å². The molecule has 1 saturated heterocycles. The van der Waals surface area contributed by atoms with Gasteiger partial charge >= 0.3 is 0 Å². The molecule has 1 aromatic rings. The van der Waals surface area contributed by atoms with Crippen molar-refractivity contribution >= 4 is 0 Å². The maximum atomic E-state index is 14.6. The molecule has 1 aliphatic heterocycles. The topological polar surface area (TPSA) is 12.0 Å². The lowest BCUT2D eigenvalue weighted by Gasteiger charge is -2.34. The van der Waals surface area contributed by atoms with Crippen LogP contribution in [-0.2, 0) is 6.42 Å². The highest BCUT2D eigenvalue weighted by atomic mass is 19.1. The molecule has 94 valence electrons. The van der Waals surface area contributed by atoms with E-state index in [-0.39, 0.29) is 11.9 Å². The van der Waals surface area contributed by atoms with E-state index in [1.54, 1.807) is 19.1 Å². The van der Waals surface area contributed by atoms with Gasteiger partial charge in [-0.25, -0.2) is 8.78 Å². The van der Waals surface area contributed by atoms with Gasteiger partial charge in [0.15, 0.2) is 0 Å². The van der Waals surface area contributed by atoms with E-state index in [1.807, 2.05) is 0 Å². The van der Waals surface area contributed by atoms with Crippen molar-refractivity contribution in [2.24, 2.45) is 0 Å². The standard InChI is InChI=1S/C14H19F2N/c1-14(16,13-4-2-3-9-17-13)10-11-5-7-12(15)8-6-11/h5-8,13,17H,2-4,9-10H2,1H3. The van der Waals surface area contributed by atoms with E-state index in [9.17, 15) is 8.78 Å². The molecular formula is C14H19F2N. The average molecular weight is 239 g/mol. The first-order valence-corrected chi connectivity index (χ1v) is 6.25. The van der Waals surface area contributed by atoms with Crippen LogP contribution < -0.4 is 5.32 Å². The molecule has 1 aliphatic rings. The summed E-state index contributed by atoms with van der Waals surface area (Å²) in [6, 6.07) is 6.02. The van der Waals surface area contributed by atoms with Crippen LogP contribution in [0.2, 0.25) is 0 Å². The summed E-state index contributed by atoms with van der Waals surface area (Å²) in [6.07, 6.45) is 3.43. The van der Waals surface area contributed by atoms with Crippen LogP contribution in [0, 0.1) is 5.82 Å². The summed E-state index contributed by atoms with van der Waals surface area (Å²) in [5, 5.41) is 3.24. The van der Waals surface area contributed by atoms with Gasteiger partial charge in [-0.2, -0.15) is 0 Å². The van der Waals surface area contributed by atoms with E-state index < -0.39 is 5.67 Å². The zero-order valence-electron chi connectivity index (χ0n) is 10.2. The van der Waals surface area contributed by atoms with Gasteiger partial charge in [-0.05, 0) is 44.0 Å². The first-order valence-electron chi connectivity index (χ1n) is 6.25. The second-order valence-electron chi connectivity index (χ2n) is 5.08. The van der Waals surface area contributed by atoms with E-state index in [0.29, 0.717) is 6.42 Å². The molecule has 2 rings (SSSR count). The Morgan fingerprint density at radius 3 is 2.59 bits per heavy atom. The number of piperidine rings is 1. The minimum absolute atomic E-state index is 0.0821. The van der Waals surface area contributed by atoms with E-state index in [4.69, 9.17) is 0 Å². The molecule has 0 saturated carbocycles. The molecule has 3 heteroatoms. The molecule has 0 spiro atoms. The van der Waals surface area contributed by atoms with Crippen molar-refractivity contribution in [3.63, 3.8) is 0 Å². The van der Waals surface area contributed by atoms with Gasteiger partial charge < -0.3 is 5.32 Å². The number of benzene rings is 1. The quantitative estimate of drug-likeness (QED) is 0.854. The summed E-state index contributed by atoms with van der Waals surface area (Å²) < 4.78 is 27.4. The van der Waals surface area contributed by atoms with Crippen molar-refractivity contribution < 1.29 is 8.78 Å². The Balaban J connectivity index is 2.02. The van der Waals surface area contributed by atoms with Crippen LogP contribution in [0.5, 0.6) is 0 Å². The molecule has 1 aromatic carbocycles. The van der Waals surface area contributed by atoms with Crippen molar-refractivity contribution in [3.8, 4) is 0 Å². The third-order valence-corrected chi connectivity index (χ3v) is 3.50. The van der Waals surface area contributed by atoms with Crippen LogP contribution in [0.15, 0.2) is 24.3 Å². The minimum atomic E-state index is -1.27. The average Bonchev–Trinajstić information content (AvgIpc) is 2.33. The highest BCUT2D eigenvalue weighted by Gasteiger charge is 2.34. The second kappa shape index (κ2) is 5.13. The smallest absolute Gasteiger partial charge is 0.127 e. The lowest BCUT2D eigenvalue weighted by atomic mass is 9.86. The predicted molar refractivity (Wildman–Crippen MR) is 65.3 cm³/mol. The molecule has 0 aliphatic carbocycles. The summed E-state index contributed by atoms with van der Waals surface area (Å²) in [5.74, 6) is -0.273. The van der Waals surface area contributed by atoms with Crippen LogP contribution in [0.3, 0.4) is 0 Å². The number of alkyl halides is 1. The molecule has 2 atom stereocenters. The fourth-order valence-electron chi connectivity index (χ4n) is 2.49. The molecule has 1 nitrogen and oxygen atoms in total. The lowest BCUT2D eigenvalue weighted by molar-refractivity contribution is 0.109. The van der Waals surface area contributed by atoms with Crippen molar-refractivity contribution in [1.82, 2.24) is 5.32 Å². The fraction of sp³-hybridized carbons (Fsp3) is 0.571. The number of rotatable bonds is 3. The zero-order valence-corrected chi connectivity index (χ0v) is 10.2. The Morgan fingerprint density at radius 1 is 1.29 bits per heavy atom. The van der Waals surface area contributed by atoms with Crippen molar-refractivity contribution in [1.29, 1.82) is 0 Å². The van der Waals surface area contributed by atoms with Crippen molar-refractivity contribution in [2.45, 2.75) is 44.3 Å². The number of hydrogen-bond acceptors (Lipinski definition) is 1. The molecule has 1 heterocycles. The van der Waals surface area contributed by atoms with Gasteiger partial charge in [-0.3, -0.25) is 0 Å².